The van der Waals surface area contributed by atoms with Crippen LogP contribution in [0.5, 0.6) is 0 Å². The number of amides is 1. The first-order valence-electron chi connectivity index (χ1n) is 7.46. The second-order valence-electron chi connectivity index (χ2n) is 6.34. The van der Waals surface area contributed by atoms with Crippen LogP contribution < -0.4 is 11.1 Å². The summed E-state index contributed by atoms with van der Waals surface area (Å²) < 4.78 is 23.2. The zero-order valence-corrected chi connectivity index (χ0v) is 13.7. The molecule has 5 nitrogen and oxygen atoms in total. The van der Waals surface area contributed by atoms with Crippen molar-refractivity contribution in [3.8, 4) is 0 Å². The Morgan fingerprint density at radius 3 is 2.20 bits per heavy atom. The average Bonchev–Trinajstić information content (AvgIpc) is 2.62. The summed E-state index contributed by atoms with van der Waals surface area (Å²) in [6, 6.07) is 0. The van der Waals surface area contributed by atoms with Gasteiger partial charge in [-0.3, -0.25) is 4.79 Å². The minimum atomic E-state index is -3.02. The van der Waals surface area contributed by atoms with Gasteiger partial charge in [-0.15, -0.1) is 0 Å². The van der Waals surface area contributed by atoms with Gasteiger partial charge in [0.2, 0.25) is 5.91 Å². The molecule has 1 amide bonds. The van der Waals surface area contributed by atoms with E-state index in [1.807, 2.05) is 20.8 Å². The van der Waals surface area contributed by atoms with Crippen molar-refractivity contribution in [2.45, 2.75) is 58.4 Å². The second kappa shape index (κ2) is 6.43. The van der Waals surface area contributed by atoms with Crippen LogP contribution >= 0.6 is 0 Å². The largest absolute Gasteiger partial charge is 0.349 e. The first-order valence-corrected chi connectivity index (χ1v) is 9.28. The molecule has 1 fully saturated rings. The highest BCUT2D eigenvalue weighted by atomic mass is 32.2. The monoisotopic (exact) mass is 304 g/mol. The fourth-order valence-corrected chi connectivity index (χ4v) is 5.21. The predicted molar refractivity (Wildman–Crippen MR) is 81.1 cm³/mol. The summed E-state index contributed by atoms with van der Waals surface area (Å²) in [7, 11) is -3.02. The molecule has 1 heterocycles. The standard InChI is InChI=1S/C14H28N2O3S/c1-4-6-14(10-15,7-5-2)12(17)16-13(3)8-9-20(18,19)11-13/h4-11,15H2,1-3H3,(H,16,17). The molecule has 3 N–H and O–H groups in total. The lowest BCUT2D eigenvalue weighted by Crippen LogP contribution is -2.55. The van der Waals surface area contributed by atoms with Gasteiger partial charge in [0, 0.05) is 6.54 Å². The van der Waals surface area contributed by atoms with E-state index in [2.05, 4.69) is 5.32 Å². The Morgan fingerprint density at radius 2 is 1.85 bits per heavy atom. The number of hydrogen-bond acceptors (Lipinski definition) is 4. The van der Waals surface area contributed by atoms with Gasteiger partial charge in [-0.05, 0) is 26.2 Å². The zero-order chi connectivity index (χ0) is 15.4. The fraction of sp³-hybridized carbons (Fsp3) is 0.929. The van der Waals surface area contributed by atoms with E-state index < -0.39 is 20.8 Å². The summed E-state index contributed by atoms with van der Waals surface area (Å²) in [5.41, 5.74) is 4.67. The lowest BCUT2D eigenvalue weighted by atomic mass is 9.77. The molecular weight excluding hydrogens is 276 g/mol. The van der Waals surface area contributed by atoms with Gasteiger partial charge >= 0.3 is 0 Å². The molecule has 1 saturated heterocycles. The Morgan fingerprint density at radius 1 is 1.30 bits per heavy atom. The third kappa shape index (κ3) is 3.95. The van der Waals surface area contributed by atoms with Gasteiger partial charge in [0.05, 0.1) is 22.5 Å². The van der Waals surface area contributed by atoms with Gasteiger partial charge in [0.25, 0.3) is 0 Å². The van der Waals surface area contributed by atoms with Crippen LogP contribution in [-0.2, 0) is 14.6 Å². The third-order valence-corrected chi connectivity index (χ3v) is 6.15. The van der Waals surface area contributed by atoms with Crippen molar-refractivity contribution in [1.29, 1.82) is 0 Å². The van der Waals surface area contributed by atoms with E-state index in [4.69, 9.17) is 5.73 Å². The quantitative estimate of drug-likeness (QED) is 0.740. The van der Waals surface area contributed by atoms with Gasteiger partial charge in [-0.25, -0.2) is 8.42 Å². The van der Waals surface area contributed by atoms with Crippen LogP contribution in [0.1, 0.15) is 52.9 Å². The van der Waals surface area contributed by atoms with E-state index in [9.17, 15) is 13.2 Å². The highest BCUT2D eigenvalue weighted by Crippen LogP contribution is 2.31. The lowest BCUT2D eigenvalue weighted by molar-refractivity contribution is -0.133. The third-order valence-electron chi connectivity index (χ3n) is 4.25. The highest BCUT2D eigenvalue weighted by Gasteiger charge is 2.43. The number of rotatable bonds is 7. The van der Waals surface area contributed by atoms with Gasteiger partial charge in [-0.1, -0.05) is 26.7 Å². The van der Waals surface area contributed by atoms with E-state index >= 15 is 0 Å². The number of nitrogens with two attached hydrogens (primary N) is 1. The van der Waals surface area contributed by atoms with E-state index in [-0.39, 0.29) is 17.4 Å². The van der Waals surface area contributed by atoms with Crippen molar-refractivity contribution in [1.82, 2.24) is 5.32 Å². The first-order chi connectivity index (χ1) is 9.22. The maximum atomic E-state index is 12.7. The van der Waals surface area contributed by atoms with Gasteiger partial charge in [0.1, 0.15) is 0 Å². The molecule has 0 aromatic heterocycles. The van der Waals surface area contributed by atoms with Crippen molar-refractivity contribution in [3.63, 3.8) is 0 Å². The SMILES string of the molecule is CCCC(CN)(CCC)C(=O)NC1(C)CCS(=O)(=O)C1. The molecule has 0 aromatic rings. The van der Waals surface area contributed by atoms with Crippen molar-refractivity contribution < 1.29 is 13.2 Å². The molecule has 0 aliphatic carbocycles. The van der Waals surface area contributed by atoms with Crippen LogP contribution in [0.4, 0.5) is 0 Å². The fourth-order valence-electron chi connectivity index (χ4n) is 3.12. The smallest absolute Gasteiger partial charge is 0.227 e. The van der Waals surface area contributed by atoms with Gasteiger partial charge in [-0.2, -0.15) is 0 Å². The molecule has 20 heavy (non-hydrogen) atoms. The van der Waals surface area contributed by atoms with Crippen LogP contribution in [0, 0.1) is 5.41 Å². The van der Waals surface area contributed by atoms with E-state index in [0.717, 1.165) is 25.7 Å². The molecule has 1 unspecified atom stereocenters. The number of carbonyl (C=O) groups is 1. The van der Waals surface area contributed by atoms with Crippen LogP contribution in [0.2, 0.25) is 0 Å². The Hall–Kier alpha value is -0.620. The molecule has 1 aliphatic rings. The normalized spacial score (nSPS) is 25.6. The highest BCUT2D eigenvalue weighted by molar-refractivity contribution is 7.91. The van der Waals surface area contributed by atoms with Crippen LogP contribution in [0.3, 0.4) is 0 Å². The van der Waals surface area contributed by atoms with Crippen molar-refractivity contribution >= 4 is 15.7 Å². The predicted octanol–water partition coefficient (Wildman–Crippen LogP) is 1.23. The van der Waals surface area contributed by atoms with Crippen molar-refractivity contribution in [2.75, 3.05) is 18.1 Å². The Balaban J connectivity index is 2.86. The number of carbonyl (C=O) groups excluding carboxylic acids is 1. The number of nitrogens with one attached hydrogen (secondary N) is 1. The summed E-state index contributed by atoms with van der Waals surface area (Å²) >= 11 is 0. The molecular formula is C14H28N2O3S. The molecule has 0 bridgehead atoms. The molecule has 118 valence electrons. The maximum absolute atomic E-state index is 12.7. The van der Waals surface area contributed by atoms with E-state index in [1.165, 1.54) is 0 Å². The molecule has 6 heteroatoms. The molecule has 1 atom stereocenters. The molecule has 0 spiro atoms. The van der Waals surface area contributed by atoms with Gasteiger partial charge in [0.15, 0.2) is 9.84 Å². The number of hydrogen-bond donors (Lipinski definition) is 2. The molecule has 0 aromatic carbocycles. The minimum absolute atomic E-state index is 0.0324. The van der Waals surface area contributed by atoms with Crippen LogP contribution in [0.25, 0.3) is 0 Å². The summed E-state index contributed by atoms with van der Waals surface area (Å²) in [6.07, 6.45) is 3.75. The summed E-state index contributed by atoms with van der Waals surface area (Å²) in [5.74, 6) is 0.106. The van der Waals surface area contributed by atoms with Gasteiger partial charge < -0.3 is 11.1 Å². The van der Waals surface area contributed by atoms with E-state index in [0.29, 0.717) is 13.0 Å². The summed E-state index contributed by atoms with van der Waals surface area (Å²) in [4.78, 5) is 12.7. The second-order valence-corrected chi connectivity index (χ2v) is 8.53. The Labute approximate surface area is 122 Å². The lowest BCUT2D eigenvalue weighted by Gasteiger charge is -2.35. The van der Waals surface area contributed by atoms with E-state index in [1.54, 1.807) is 0 Å². The molecule has 0 radical (unpaired) electrons. The Kier molecular flexibility index (Phi) is 5.61. The Bertz CT molecular complexity index is 441. The molecule has 1 rings (SSSR count). The zero-order valence-electron chi connectivity index (χ0n) is 12.9. The van der Waals surface area contributed by atoms with Crippen molar-refractivity contribution in [2.24, 2.45) is 11.1 Å². The molecule has 0 saturated carbocycles. The number of sulfone groups is 1. The van der Waals surface area contributed by atoms with Crippen LogP contribution in [-0.4, -0.2) is 37.9 Å². The van der Waals surface area contributed by atoms with Crippen molar-refractivity contribution in [3.05, 3.63) is 0 Å². The first kappa shape index (κ1) is 17.4. The maximum Gasteiger partial charge on any atom is 0.227 e. The average molecular weight is 304 g/mol. The molecule has 1 aliphatic heterocycles. The van der Waals surface area contributed by atoms with Crippen LogP contribution in [0.15, 0.2) is 0 Å². The summed E-state index contributed by atoms with van der Waals surface area (Å²) in [5, 5.41) is 2.97. The topological polar surface area (TPSA) is 89.3 Å². The minimum Gasteiger partial charge on any atom is -0.349 e. The summed E-state index contributed by atoms with van der Waals surface area (Å²) in [6.45, 7) is 6.20.